The molecule has 1 aromatic carbocycles. The maximum Gasteiger partial charge on any atom is 0.325 e. The lowest BCUT2D eigenvalue weighted by molar-refractivity contribution is -0.134. The lowest BCUT2D eigenvalue weighted by atomic mass is 9.73. The first-order valence-corrected chi connectivity index (χ1v) is 8.36. The maximum atomic E-state index is 12.8. The molecule has 2 atom stereocenters. The second kappa shape index (κ2) is 6.22. The Morgan fingerprint density at radius 3 is 2.70 bits per heavy atom. The summed E-state index contributed by atoms with van der Waals surface area (Å²) in [5.74, 6) is 0.862. The van der Waals surface area contributed by atoms with Crippen molar-refractivity contribution in [3.8, 4) is 5.75 Å². The molecular weight excluding hydrogens is 292 g/mol. The van der Waals surface area contributed by atoms with E-state index in [2.05, 4.69) is 12.2 Å². The number of urea groups is 1. The summed E-state index contributed by atoms with van der Waals surface area (Å²) in [6.45, 7) is 4.67. The highest BCUT2D eigenvalue weighted by Crippen LogP contribution is 2.38. The van der Waals surface area contributed by atoms with Gasteiger partial charge in [0.2, 0.25) is 0 Å². The first kappa shape index (κ1) is 15.8. The SMILES string of the molecule is Cc1ccc(OCCN2C(=O)N[C@@]3(CCCC[C@@H]3C)C2=O)cc1. The van der Waals surface area contributed by atoms with Crippen LogP contribution in [0.2, 0.25) is 0 Å². The molecular formula is C18H24N2O3. The number of amides is 3. The van der Waals surface area contributed by atoms with Crippen LogP contribution in [0, 0.1) is 12.8 Å². The zero-order valence-electron chi connectivity index (χ0n) is 13.8. The van der Waals surface area contributed by atoms with Gasteiger partial charge in [-0.2, -0.15) is 0 Å². The number of benzene rings is 1. The molecule has 5 heteroatoms. The number of nitrogens with one attached hydrogen (secondary N) is 1. The Labute approximate surface area is 137 Å². The van der Waals surface area contributed by atoms with E-state index in [1.54, 1.807) is 0 Å². The van der Waals surface area contributed by atoms with E-state index in [1.807, 2.05) is 31.2 Å². The minimum atomic E-state index is -0.681. The summed E-state index contributed by atoms with van der Waals surface area (Å²) in [7, 11) is 0. The standard InChI is InChI=1S/C18H24N2O3/c1-13-6-8-15(9-7-13)23-12-11-20-16(21)18(19-17(20)22)10-4-3-5-14(18)2/h6-9,14H,3-5,10-12H2,1-2H3,(H,19,22)/t14-,18+/m0/s1. The molecule has 3 rings (SSSR count). The number of aryl methyl sites for hydroxylation is 1. The summed E-state index contributed by atoms with van der Waals surface area (Å²) < 4.78 is 5.65. The van der Waals surface area contributed by atoms with E-state index in [1.165, 1.54) is 10.5 Å². The molecule has 5 nitrogen and oxygen atoms in total. The highest BCUT2D eigenvalue weighted by atomic mass is 16.5. The largest absolute Gasteiger partial charge is 0.492 e. The topological polar surface area (TPSA) is 58.6 Å². The fourth-order valence-electron chi connectivity index (χ4n) is 3.59. The quantitative estimate of drug-likeness (QED) is 0.869. The number of imide groups is 1. The number of carbonyl (C=O) groups excluding carboxylic acids is 2. The van der Waals surface area contributed by atoms with Crippen LogP contribution in [0.4, 0.5) is 4.79 Å². The second-order valence-corrected chi connectivity index (χ2v) is 6.67. The Hall–Kier alpha value is -2.04. The molecule has 0 radical (unpaired) electrons. The predicted molar refractivity (Wildman–Crippen MR) is 87.3 cm³/mol. The van der Waals surface area contributed by atoms with Crippen molar-refractivity contribution in [3.63, 3.8) is 0 Å². The molecule has 23 heavy (non-hydrogen) atoms. The molecule has 1 heterocycles. The van der Waals surface area contributed by atoms with Crippen LogP contribution < -0.4 is 10.1 Å². The molecule has 1 N–H and O–H groups in total. The molecule has 0 aromatic heterocycles. The average Bonchev–Trinajstić information content (AvgIpc) is 2.77. The number of ether oxygens (including phenoxy) is 1. The van der Waals surface area contributed by atoms with Crippen molar-refractivity contribution >= 4 is 11.9 Å². The third-order valence-electron chi connectivity index (χ3n) is 5.11. The van der Waals surface area contributed by atoms with Crippen LogP contribution in [0.25, 0.3) is 0 Å². The smallest absolute Gasteiger partial charge is 0.325 e. The Morgan fingerprint density at radius 2 is 2.00 bits per heavy atom. The Morgan fingerprint density at radius 1 is 1.26 bits per heavy atom. The Kier molecular flexibility index (Phi) is 4.28. The van der Waals surface area contributed by atoms with Gasteiger partial charge in [0.05, 0.1) is 6.54 Å². The van der Waals surface area contributed by atoms with Gasteiger partial charge in [-0.1, -0.05) is 37.5 Å². The molecule has 0 unspecified atom stereocenters. The molecule has 3 amide bonds. The molecule has 1 aliphatic heterocycles. The van der Waals surface area contributed by atoms with Crippen molar-refractivity contribution in [3.05, 3.63) is 29.8 Å². The Balaban J connectivity index is 1.61. The van der Waals surface area contributed by atoms with Gasteiger partial charge in [-0.25, -0.2) is 4.79 Å². The molecule has 1 spiro atoms. The van der Waals surface area contributed by atoms with Gasteiger partial charge in [0.1, 0.15) is 17.9 Å². The summed E-state index contributed by atoms with van der Waals surface area (Å²) in [6, 6.07) is 7.46. The average molecular weight is 316 g/mol. The highest BCUT2D eigenvalue weighted by Gasteiger charge is 2.54. The van der Waals surface area contributed by atoms with E-state index < -0.39 is 5.54 Å². The molecule has 0 bridgehead atoms. The summed E-state index contributed by atoms with van der Waals surface area (Å²) in [6.07, 6.45) is 3.85. The zero-order chi connectivity index (χ0) is 16.4. The molecule has 1 aromatic rings. The van der Waals surface area contributed by atoms with Gasteiger partial charge < -0.3 is 10.1 Å². The van der Waals surface area contributed by atoms with E-state index in [-0.39, 0.29) is 24.4 Å². The Bertz CT molecular complexity index is 599. The van der Waals surface area contributed by atoms with Crippen LogP contribution >= 0.6 is 0 Å². The van der Waals surface area contributed by atoms with E-state index in [0.717, 1.165) is 31.4 Å². The lowest BCUT2D eigenvalue weighted by Crippen LogP contribution is -2.54. The van der Waals surface area contributed by atoms with Crippen LogP contribution in [-0.2, 0) is 4.79 Å². The van der Waals surface area contributed by atoms with E-state index in [0.29, 0.717) is 6.61 Å². The first-order valence-electron chi connectivity index (χ1n) is 8.36. The van der Waals surface area contributed by atoms with Crippen molar-refractivity contribution in [2.24, 2.45) is 5.92 Å². The van der Waals surface area contributed by atoms with Gasteiger partial charge in [0.15, 0.2) is 0 Å². The number of hydrogen-bond acceptors (Lipinski definition) is 3. The van der Waals surface area contributed by atoms with Gasteiger partial charge in [0, 0.05) is 0 Å². The lowest BCUT2D eigenvalue weighted by Gasteiger charge is -2.36. The number of carbonyl (C=O) groups is 2. The summed E-state index contributed by atoms with van der Waals surface area (Å²) in [4.78, 5) is 26.3. The van der Waals surface area contributed by atoms with Crippen LogP contribution in [0.5, 0.6) is 5.75 Å². The van der Waals surface area contributed by atoms with Crippen molar-refractivity contribution in [1.82, 2.24) is 10.2 Å². The van der Waals surface area contributed by atoms with Crippen LogP contribution in [0.1, 0.15) is 38.2 Å². The number of rotatable bonds is 4. The van der Waals surface area contributed by atoms with Gasteiger partial charge in [0.25, 0.3) is 5.91 Å². The molecule has 2 aliphatic rings. The van der Waals surface area contributed by atoms with Gasteiger partial charge in [-0.05, 0) is 37.8 Å². The van der Waals surface area contributed by atoms with Crippen molar-refractivity contribution in [2.45, 2.75) is 45.1 Å². The third-order valence-corrected chi connectivity index (χ3v) is 5.11. The fourth-order valence-corrected chi connectivity index (χ4v) is 3.59. The normalized spacial score (nSPS) is 27.4. The third kappa shape index (κ3) is 2.92. The molecule has 1 saturated heterocycles. The van der Waals surface area contributed by atoms with Gasteiger partial charge >= 0.3 is 6.03 Å². The minimum absolute atomic E-state index is 0.0813. The minimum Gasteiger partial charge on any atom is -0.492 e. The molecule has 124 valence electrons. The van der Waals surface area contributed by atoms with Crippen molar-refractivity contribution in [2.75, 3.05) is 13.2 Å². The van der Waals surface area contributed by atoms with E-state index >= 15 is 0 Å². The van der Waals surface area contributed by atoms with Crippen LogP contribution in [0.3, 0.4) is 0 Å². The summed E-state index contributed by atoms with van der Waals surface area (Å²) >= 11 is 0. The fraction of sp³-hybridized carbons (Fsp3) is 0.556. The molecule has 2 fully saturated rings. The monoisotopic (exact) mass is 316 g/mol. The maximum absolute atomic E-state index is 12.8. The van der Waals surface area contributed by atoms with Crippen molar-refractivity contribution < 1.29 is 14.3 Å². The second-order valence-electron chi connectivity index (χ2n) is 6.67. The van der Waals surface area contributed by atoms with Crippen LogP contribution in [0.15, 0.2) is 24.3 Å². The molecule has 1 saturated carbocycles. The van der Waals surface area contributed by atoms with Gasteiger partial charge in [-0.15, -0.1) is 0 Å². The molecule has 1 aliphatic carbocycles. The highest BCUT2D eigenvalue weighted by molar-refractivity contribution is 6.07. The van der Waals surface area contributed by atoms with Gasteiger partial charge in [-0.3, -0.25) is 9.69 Å². The summed E-state index contributed by atoms with van der Waals surface area (Å²) in [5.41, 5.74) is 0.485. The van der Waals surface area contributed by atoms with E-state index in [9.17, 15) is 9.59 Å². The predicted octanol–water partition coefficient (Wildman–Crippen LogP) is 2.87. The van der Waals surface area contributed by atoms with E-state index in [4.69, 9.17) is 4.74 Å². The number of nitrogens with zero attached hydrogens (tertiary/aromatic N) is 1. The van der Waals surface area contributed by atoms with Crippen LogP contribution in [-0.4, -0.2) is 35.5 Å². The van der Waals surface area contributed by atoms with Crippen molar-refractivity contribution in [1.29, 1.82) is 0 Å². The first-order chi connectivity index (χ1) is 11.0. The number of hydrogen-bond donors (Lipinski definition) is 1. The summed E-state index contributed by atoms with van der Waals surface area (Å²) in [5, 5.41) is 2.96. The zero-order valence-corrected chi connectivity index (χ0v) is 13.8.